The molecule has 3 heterocycles. The summed E-state index contributed by atoms with van der Waals surface area (Å²) in [6, 6.07) is 22.7. The van der Waals surface area contributed by atoms with E-state index in [1.165, 1.54) is 16.4 Å². The van der Waals surface area contributed by atoms with E-state index in [4.69, 9.17) is 14.2 Å². The van der Waals surface area contributed by atoms with Crippen molar-refractivity contribution in [3.8, 4) is 0 Å². The number of benzene rings is 3. The molecule has 266 valence electrons. The molecular weight excluding hydrogens is 660 g/mol. The molecule has 3 aromatic rings. The predicted molar refractivity (Wildman–Crippen MR) is 187 cm³/mol. The average Bonchev–Trinajstić information content (AvgIpc) is 3.80. The van der Waals surface area contributed by atoms with Gasteiger partial charge in [0.15, 0.2) is 6.29 Å². The second-order valence-electron chi connectivity index (χ2n) is 13.3. The van der Waals surface area contributed by atoms with Crippen LogP contribution in [0.3, 0.4) is 0 Å². The molecule has 0 saturated carbocycles. The molecular formula is C37H44N4O8S. The zero-order chi connectivity index (χ0) is 35.3. The van der Waals surface area contributed by atoms with Crippen LogP contribution >= 0.6 is 0 Å². The normalized spacial score (nSPS) is 21.9. The standard InChI is InChI=1S/C37H44N4O8S/c1-24(2)21-41(50(45,46)27-13-14-31-29(18-27)30(35(43)39-31)20-38-19-26-11-7-4-8-12-26)22-33(42)32(17-25-9-5-3-6-10-25)40-37(44)49-34-23-48-36-28(34)15-16-47-36/h3-14,18,20,24,28,32-34,36,38,42H,15-17,19,21-23H2,1-2H3,(H,39,43)(H,40,44)/b30-20-. The number of aliphatic hydroxyl groups is 1. The summed E-state index contributed by atoms with van der Waals surface area (Å²) >= 11 is 0. The van der Waals surface area contributed by atoms with Crippen molar-refractivity contribution < 1.29 is 37.3 Å². The minimum absolute atomic E-state index is 0.0175. The molecule has 6 rings (SSSR count). The first kappa shape index (κ1) is 35.6. The predicted octanol–water partition coefficient (Wildman–Crippen LogP) is 3.88. The van der Waals surface area contributed by atoms with Gasteiger partial charge in [-0.15, -0.1) is 0 Å². The molecule has 2 amide bonds. The Balaban J connectivity index is 1.20. The van der Waals surface area contributed by atoms with E-state index < -0.39 is 40.7 Å². The number of carbonyl (C=O) groups excluding carboxylic acids is 2. The molecule has 5 unspecified atom stereocenters. The van der Waals surface area contributed by atoms with Crippen molar-refractivity contribution in [2.24, 2.45) is 11.8 Å². The molecule has 0 radical (unpaired) electrons. The molecule has 2 fully saturated rings. The highest BCUT2D eigenvalue weighted by molar-refractivity contribution is 7.89. The molecule has 50 heavy (non-hydrogen) atoms. The SMILES string of the molecule is CC(C)CN(CC(O)C(Cc1ccccc1)NC(=O)OC1COC2OCCC12)S(=O)(=O)c1ccc2c(c1)/C(=C/NCc1ccccc1)C(=O)N2. The van der Waals surface area contributed by atoms with Crippen molar-refractivity contribution >= 4 is 33.3 Å². The highest BCUT2D eigenvalue weighted by Crippen LogP contribution is 2.35. The molecule has 12 nitrogen and oxygen atoms in total. The summed E-state index contributed by atoms with van der Waals surface area (Å²) in [7, 11) is -4.17. The number of fused-ring (bicyclic) bond motifs is 2. The summed E-state index contributed by atoms with van der Waals surface area (Å²) in [5.74, 6) is -0.481. The molecule has 5 atom stereocenters. The molecule has 0 bridgehead atoms. The lowest BCUT2D eigenvalue weighted by Crippen LogP contribution is -2.51. The summed E-state index contributed by atoms with van der Waals surface area (Å²) in [5.41, 5.74) is 3.15. The third-order valence-corrected chi connectivity index (χ3v) is 10.9. The first-order chi connectivity index (χ1) is 24.1. The van der Waals surface area contributed by atoms with Gasteiger partial charge in [0.2, 0.25) is 10.0 Å². The van der Waals surface area contributed by atoms with Crippen LogP contribution in [0.2, 0.25) is 0 Å². The minimum Gasteiger partial charge on any atom is -0.443 e. The van der Waals surface area contributed by atoms with Gasteiger partial charge in [0.1, 0.15) is 6.10 Å². The quantitative estimate of drug-likeness (QED) is 0.183. The van der Waals surface area contributed by atoms with E-state index in [2.05, 4.69) is 16.0 Å². The maximum absolute atomic E-state index is 14.3. The molecule has 0 spiro atoms. The monoisotopic (exact) mass is 704 g/mol. The van der Waals surface area contributed by atoms with Gasteiger partial charge in [0, 0.05) is 37.1 Å². The van der Waals surface area contributed by atoms with E-state index in [1.807, 2.05) is 74.5 Å². The van der Waals surface area contributed by atoms with Crippen molar-refractivity contribution in [3.63, 3.8) is 0 Å². The Hall–Kier alpha value is -4.27. The third kappa shape index (κ3) is 8.36. The van der Waals surface area contributed by atoms with Gasteiger partial charge in [0.25, 0.3) is 5.91 Å². The highest BCUT2D eigenvalue weighted by Gasteiger charge is 2.44. The fraction of sp³-hybridized carbons (Fsp3) is 0.405. The van der Waals surface area contributed by atoms with Gasteiger partial charge in [-0.25, -0.2) is 13.2 Å². The summed E-state index contributed by atoms with van der Waals surface area (Å²) in [5, 5.41) is 20.4. The number of ether oxygens (including phenoxy) is 3. The number of sulfonamides is 1. The first-order valence-electron chi connectivity index (χ1n) is 16.9. The molecule has 3 aromatic carbocycles. The van der Waals surface area contributed by atoms with E-state index in [9.17, 15) is 23.1 Å². The van der Waals surface area contributed by atoms with Gasteiger partial charge in [-0.05, 0) is 48.1 Å². The van der Waals surface area contributed by atoms with Crippen LogP contribution in [0.5, 0.6) is 0 Å². The van der Waals surface area contributed by atoms with Crippen molar-refractivity contribution in [1.82, 2.24) is 14.9 Å². The summed E-state index contributed by atoms with van der Waals surface area (Å²) in [6.45, 7) is 4.84. The van der Waals surface area contributed by atoms with E-state index in [0.717, 1.165) is 17.5 Å². The van der Waals surface area contributed by atoms with Crippen molar-refractivity contribution in [2.75, 3.05) is 31.6 Å². The zero-order valence-corrected chi connectivity index (χ0v) is 29.0. The van der Waals surface area contributed by atoms with Gasteiger partial charge in [0.05, 0.1) is 41.7 Å². The van der Waals surface area contributed by atoms with Gasteiger partial charge < -0.3 is 35.3 Å². The average molecular weight is 705 g/mol. The van der Waals surface area contributed by atoms with Crippen molar-refractivity contribution in [3.05, 3.63) is 102 Å². The Morgan fingerprint density at radius 2 is 1.76 bits per heavy atom. The van der Waals surface area contributed by atoms with Crippen molar-refractivity contribution in [1.29, 1.82) is 0 Å². The Morgan fingerprint density at radius 1 is 1.04 bits per heavy atom. The minimum atomic E-state index is -4.17. The van der Waals surface area contributed by atoms with Crippen LogP contribution in [0.25, 0.3) is 5.57 Å². The smallest absolute Gasteiger partial charge is 0.407 e. The molecule has 3 aliphatic rings. The zero-order valence-electron chi connectivity index (χ0n) is 28.2. The number of hydrogen-bond donors (Lipinski definition) is 4. The number of amides is 2. The number of nitrogens with zero attached hydrogens (tertiary/aromatic N) is 1. The van der Waals surface area contributed by atoms with E-state index in [-0.39, 0.29) is 48.8 Å². The maximum Gasteiger partial charge on any atom is 0.407 e. The molecule has 2 saturated heterocycles. The number of rotatable bonds is 14. The number of nitrogens with one attached hydrogen (secondary N) is 3. The van der Waals surface area contributed by atoms with Crippen molar-refractivity contribution in [2.45, 2.75) is 62.7 Å². The van der Waals surface area contributed by atoms with Crippen LogP contribution in [0.1, 0.15) is 37.0 Å². The fourth-order valence-corrected chi connectivity index (χ4v) is 8.17. The Kier molecular flexibility index (Phi) is 11.2. The lowest BCUT2D eigenvalue weighted by atomic mass is 10.0. The third-order valence-electron chi connectivity index (χ3n) is 9.08. The topological polar surface area (TPSA) is 156 Å². The van der Waals surface area contributed by atoms with Gasteiger partial charge in [-0.3, -0.25) is 4.79 Å². The number of carbonyl (C=O) groups is 2. The lowest BCUT2D eigenvalue weighted by Gasteiger charge is -2.31. The van der Waals surface area contributed by atoms with Crippen LogP contribution in [0.15, 0.2) is 90.0 Å². The molecule has 4 N–H and O–H groups in total. The van der Waals surface area contributed by atoms with E-state index in [1.54, 1.807) is 12.3 Å². The first-order valence-corrected chi connectivity index (χ1v) is 18.4. The highest BCUT2D eigenvalue weighted by atomic mass is 32.2. The van der Waals surface area contributed by atoms with Crippen LogP contribution in [0, 0.1) is 11.8 Å². The number of alkyl carbamates (subject to hydrolysis) is 1. The molecule has 13 heteroatoms. The molecule has 0 aromatic heterocycles. The summed E-state index contributed by atoms with van der Waals surface area (Å²) < 4.78 is 46.6. The molecule has 3 aliphatic heterocycles. The van der Waals surface area contributed by atoms with Crippen LogP contribution in [-0.4, -0.2) is 80.7 Å². The second kappa shape index (κ2) is 15.7. The Morgan fingerprint density at radius 3 is 2.48 bits per heavy atom. The lowest BCUT2D eigenvalue weighted by molar-refractivity contribution is -0.110. The number of aliphatic hydroxyl groups excluding tert-OH is 1. The second-order valence-corrected chi connectivity index (χ2v) is 15.2. The summed E-state index contributed by atoms with van der Waals surface area (Å²) in [6.07, 6.45) is -0.345. The fourth-order valence-electron chi connectivity index (χ4n) is 6.52. The van der Waals surface area contributed by atoms with Crippen LogP contribution < -0.4 is 16.0 Å². The Labute approximate surface area is 292 Å². The van der Waals surface area contributed by atoms with E-state index >= 15 is 0 Å². The van der Waals surface area contributed by atoms with Gasteiger partial charge >= 0.3 is 6.09 Å². The molecule has 0 aliphatic carbocycles. The van der Waals surface area contributed by atoms with Gasteiger partial charge in [-0.2, -0.15) is 4.31 Å². The van der Waals surface area contributed by atoms with Crippen LogP contribution in [-0.2, 0) is 42.0 Å². The number of hydrogen-bond acceptors (Lipinski definition) is 9. The maximum atomic E-state index is 14.3. The van der Waals surface area contributed by atoms with Crippen LogP contribution in [0.4, 0.5) is 10.5 Å². The largest absolute Gasteiger partial charge is 0.443 e. The van der Waals surface area contributed by atoms with Gasteiger partial charge in [-0.1, -0.05) is 74.5 Å². The van der Waals surface area contributed by atoms with E-state index in [0.29, 0.717) is 30.0 Å². The Bertz CT molecular complexity index is 1790. The summed E-state index contributed by atoms with van der Waals surface area (Å²) in [4.78, 5) is 26.0. The number of anilines is 1.